The molecule has 0 spiro atoms. The second-order valence-corrected chi connectivity index (χ2v) is 6.03. The average Bonchev–Trinajstić information content (AvgIpc) is 2.41. The van der Waals surface area contributed by atoms with E-state index in [2.05, 4.69) is 39.0 Å². The summed E-state index contributed by atoms with van der Waals surface area (Å²) >= 11 is 0. The van der Waals surface area contributed by atoms with Crippen LogP contribution in [0.2, 0.25) is 0 Å². The highest BCUT2D eigenvalue weighted by molar-refractivity contribution is 5.32. The molecule has 1 fully saturated rings. The molecule has 3 unspecified atom stereocenters. The lowest BCUT2D eigenvalue weighted by Gasteiger charge is -2.36. The summed E-state index contributed by atoms with van der Waals surface area (Å²) in [5.74, 6) is 2.28. The Morgan fingerprint density at radius 3 is 2.56 bits per heavy atom. The van der Waals surface area contributed by atoms with Crippen LogP contribution in [0.5, 0.6) is 0 Å². The first-order valence-corrected chi connectivity index (χ1v) is 7.42. The summed E-state index contributed by atoms with van der Waals surface area (Å²) in [4.78, 5) is 0. The van der Waals surface area contributed by atoms with Crippen molar-refractivity contribution in [3.8, 4) is 0 Å². The van der Waals surface area contributed by atoms with Gasteiger partial charge < -0.3 is 5.73 Å². The van der Waals surface area contributed by atoms with E-state index in [-0.39, 0.29) is 0 Å². The van der Waals surface area contributed by atoms with Gasteiger partial charge in [-0.25, -0.2) is 0 Å². The number of benzene rings is 1. The quantitative estimate of drug-likeness (QED) is 0.849. The van der Waals surface area contributed by atoms with Gasteiger partial charge >= 0.3 is 0 Å². The van der Waals surface area contributed by atoms with Gasteiger partial charge in [-0.05, 0) is 67.7 Å². The van der Waals surface area contributed by atoms with Crippen molar-refractivity contribution < 1.29 is 0 Å². The molecule has 1 nitrogen and oxygen atoms in total. The molecule has 1 saturated carbocycles. The maximum absolute atomic E-state index is 5.99. The van der Waals surface area contributed by atoms with E-state index in [1.807, 2.05) is 0 Å². The zero-order valence-electron chi connectivity index (χ0n) is 12.1. The van der Waals surface area contributed by atoms with Gasteiger partial charge in [-0.2, -0.15) is 0 Å². The standard InChI is InChI=1S/C17H27N/c1-4-14-6-8-16(11-18)17(10-14)15-7-5-12(2)13(3)9-15/h5,7,9,14,16-17H,4,6,8,10-11,18H2,1-3H3. The summed E-state index contributed by atoms with van der Waals surface area (Å²) in [6.45, 7) is 7.57. The van der Waals surface area contributed by atoms with Crippen LogP contribution >= 0.6 is 0 Å². The maximum atomic E-state index is 5.99. The highest BCUT2D eigenvalue weighted by atomic mass is 14.6. The van der Waals surface area contributed by atoms with E-state index >= 15 is 0 Å². The summed E-state index contributed by atoms with van der Waals surface area (Å²) < 4.78 is 0. The Morgan fingerprint density at radius 1 is 1.17 bits per heavy atom. The largest absolute Gasteiger partial charge is 0.330 e. The number of aryl methyl sites for hydroxylation is 2. The smallest absolute Gasteiger partial charge is 0.00430 e. The van der Waals surface area contributed by atoms with Crippen LogP contribution < -0.4 is 5.73 Å². The van der Waals surface area contributed by atoms with Crippen LogP contribution in [0.3, 0.4) is 0 Å². The zero-order chi connectivity index (χ0) is 13.1. The van der Waals surface area contributed by atoms with Gasteiger partial charge in [-0.15, -0.1) is 0 Å². The molecule has 0 aromatic heterocycles. The third-order valence-corrected chi connectivity index (χ3v) is 4.94. The molecule has 0 radical (unpaired) electrons. The van der Waals surface area contributed by atoms with Gasteiger partial charge in [0.2, 0.25) is 0 Å². The normalized spacial score (nSPS) is 28.3. The van der Waals surface area contributed by atoms with Crippen molar-refractivity contribution in [1.82, 2.24) is 0 Å². The molecule has 1 aromatic rings. The number of nitrogens with two attached hydrogens (primary N) is 1. The van der Waals surface area contributed by atoms with Crippen LogP contribution in [0.15, 0.2) is 18.2 Å². The third-order valence-electron chi connectivity index (χ3n) is 4.94. The summed E-state index contributed by atoms with van der Waals surface area (Å²) in [5, 5.41) is 0. The molecule has 2 rings (SSSR count). The number of rotatable bonds is 3. The van der Waals surface area contributed by atoms with Crippen LogP contribution in [0.25, 0.3) is 0 Å². The first-order valence-electron chi connectivity index (χ1n) is 7.42. The molecule has 1 aliphatic carbocycles. The van der Waals surface area contributed by atoms with E-state index in [1.54, 1.807) is 0 Å². The lowest BCUT2D eigenvalue weighted by Crippen LogP contribution is -2.29. The van der Waals surface area contributed by atoms with Gasteiger partial charge in [-0.1, -0.05) is 38.0 Å². The van der Waals surface area contributed by atoms with Crippen molar-refractivity contribution in [1.29, 1.82) is 0 Å². The minimum atomic E-state index is 0.688. The van der Waals surface area contributed by atoms with Gasteiger partial charge in [0, 0.05) is 0 Å². The predicted molar refractivity (Wildman–Crippen MR) is 78.8 cm³/mol. The highest BCUT2D eigenvalue weighted by Gasteiger charge is 2.29. The molecule has 0 amide bonds. The van der Waals surface area contributed by atoms with Crippen molar-refractivity contribution in [3.63, 3.8) is 0 Å². The molecule has 0 heterocycles. The van der Waals surface area contributed by atoms with Gasteiger partial charge in [0.15, 0.2) is 0 Å². The highest BCUT2D eigenvalue weighted by Crippen LogP contribution is 2.41. The molecule has 1 heteroatoms. The molecule has 0 bridgehead atoms. The van der Waals surface area contributed by atoms with Crippen LogP contribution in [0.4, 0.5) is 0 Å². The van der Waals surface area contributed by atoms with E-state index in [1.165, 1.54) is 42.4 Å². The second kappa shape index (κ2) is 5.88. The molecule has 1 aromatic carbocycles. The SMILES string of the molecule is CCC1CCC(CN)C(c2ccc(C)c(C)c2)C1. The Balaban J connectivity index is 2.23. The molecule has 2 N–H and O–H groups in total. The fraction of sp³-hybridized carbons (Fsp3) is 0.647. The molecule has 100 valence electrons. The average molecular weight is 245 g/mol. The fourth-order valence-electron chi connectivity index (χ4n) is 3.38. The molecular formula is C17H27N. The molecule has 1 aliphatic rings. The topological polar surface area (TPSA) is 26.0 Å². The lowest BCUT2D eigenvalue weighted by molar-refractivity contribution is 0.236. The maximum Gasteiger partial charge on any atom is -0.00430 e. The third kappa shape index (κ3) is 2.77. The Bertz CT molecular complexity index is 397. The van der Waals surface area contributed by atoms with E-state index in [0.29, 0.717) is 11.8 Å². The van der Waals surface area contributed by atoms with Crippen LogP contribution in [0, 0.1) is 25.7 Å². The summed E-state index contributed by atoms with van der Waals surface area (Å²) in [5.41, 5.74) is 10.3. The first kappa shape index (κ1) is 13.6. The van der Waals surface area contributed by atoms with Gasteiger partial charge in [0.25, 0.3) is 0 Å². The molecule has 18 heavy (non-hydrogen) atoms. The van der Waals surface area contributed by atoms with Crippen molar-refractivity contribution in [2.24, 2.45) is 17.6 Å². The van der Waals surface area contributed by atoms with Crippen molar-refractivity contribution in [2.45, 2.75) is 52.4 Å². The molecule has 3 atom stereocenters. The van der Waals surface area contributed by atoms with Crippen molar-refractivity contribution >= 4 is 0 Å². The zero-order valence-corrected chi connectivity index (χ0v) is 12.1. The van der Waals surface area contributed by atoms with Gasteiger partial charge in [0.1, 0.15) is 0 Å². The summed E-state index contributed by atoms with van der Waals surface area (Å²) in [7, 11) is 0. The minimum absolute atomic E-state index is 0.688. The molecule has 0 aliphatic heterocycles. The van der Waals surface area contributed by atoms with Gasteiger partial charge in [0.05, 0.1) is 0 Å². The Kier molecular flexibility index (Phi) is 4.45. The Morgan fingerprint density at radius 2 is 1.94 bits per heavy atom. The van der Waals surface area contributed by atoms with E-state index in [0.717, 1.165) is 12.5 Å². The van der Waals surface area contributed by atoms with E-state index in [4.69, 9.17) is 5.73 Å². The predicted octanol–water partition coefficient (Wildman–Crippen LogP) is 4.17. The van der Waals surface area contributed by atoms with Crippen molar-refractivity contribution in [3.05, 3.63) is 34.9 Å². The molecule has 0 saturated heterocycles. The van der Waals surface area contributed by atoms with Crippen LogP contribution in [-0.2, 0) is 0 Å². The summed E-state index contributed by atoms with van der Waals surface area (Å²) in [6.07, 6.45) is 5.34. The fourth-order valence-corrected chi connectivity index (χ4v) is 3.38. The summed E-state index contributed by atoms with van der Waals surface area (Å²) in [6, 6.07) is 6.99. The van der Waals surface area contributed by atoms with E-state index in [9.17, 15) is 0 Å². The van der Waals surface area contributed by atoms with E-state index < -0.39 is 0 Å². The Labute approximate surface area is 112 Å². The number of hydrogen-bond donors (Lipinski definition) is 1. The Hall–Kier alpha value is -0.820. The molecular weight excluding hydrogens is 218 g/mol. The van der Waals surface area contributed by atoms with Crippen LogP contribution in [-0.4, -0.2) is 6.54 Å². The monoisotopic (exact) mass is 245 g/mol. The lowest BCUT2D eigenvalue weighted by atomic mass is 9.70. The van der Waals surface area contributed by atoms with Crippen LogP contribution in [0.1, 0.15) is 55.2 Å². The number of hydrogen-bond acceptors (Lipinski definition) is 1. The first-order chi connectivity index (χ1) is 8.65. The van der Waals surface area contributed by atoms with Crippen molar-refractivity contribution in [2.75, 3.05) is 6.54 Å². The second-order valence-electron chi connectivity index (χ2n) is 6.03. The minimum Gasteiger partial charge on any atom is -0.330 e. The van der Waals surface area contributed by atoms with Gasteiger partial charge in [-0.3, -0.25) is 0 Å².